The molecule has 4 heteroatoms. The van der Waals surface area contributed by atoms with Crippen LogP contribution in [-0.4, -0.2) is 24.1 Å². The summed E-state index contributed by atoms with van der Waals surface area (Å²) in [6, 6.07) is 6.80. The predicted octanol–water partition coefficient (Wildman–Crippen LogP) is 1.77. The van der Waals surface area contributed by atoms with Crippen LogP contribution in [0.2, 0.25) is 0 Å². The standard InChI is InChI=1S/C9H11FO2S/c1-13(11)9-4-2-8(3-5-9)12-7-6-10/h2-5H,6-7H2,1H3. The Morgan fingerprint density at radius 1 is 1.38 bits per heavy atom. The number of benzene rings is 1. The molecule has 1 atom stereocenters. The molecule has 0 bridgehead atoms. The minimum atomic E-state index is -0.973. The lowest BCUT2D eigenvalue weighted by atomic mass is 10.3. The Bertz CT molecular complexity index is 248. The Kier molecular flexibility index (Phi) is 4.05. The highest BCUT2D eigenvalue weighted by atomic mass is 32.2. The molecule has 0 N–H and O–H groups in total. The largest absolute Gasteiger partial charge is 0.612 e. The topological polar surface area (TPSA) is 32.3 Å². The third kappa shape index (κ3) is 3.24. The van der Waals surface area contributed by atoms with E-state index < -0.39 is 17.9 Å². The van der Waals surface area contributed by atoms with Gasteiger partial charge in [0.2, 0.25) is 0 Å². The Balaban J connectivity index is 2.59. The highest BCUT2D eigenvalue weighted by Crippen LogP contribution is 2.15. The maximum Gasteiger partial charge on any atom is 0.152 e. The molecule has 0 fully saturated rings. The lowest BCUT2D eigenvalue weighted by molar-refractivity contribution is 0.273. The van der Waals surface area contributed by atoms with Crippen molar-refractivity contribution in [3.05, 3.63) is 24.3 Å². The van der Waals surface area contributed by atoms with Crippen LogP contribution >= 0.6 is 0 Å². The average Bonchev–Trinajstić information content (AvgIpc) is 2.15. The van der Waals surface area contributed by atoms with Crippen LogP contribution in [0.3, 0.4) is 0 Å². The molecule has 0 aliphatic heterocycles. The molecule has 1 aromatic carbocycles. The minimum absolute atomic E-state index is 0.0640. The second-order valence-corrected chi connectivity index (χ2v) is 3.84. The highest BCUT2D eigenvalue weighted by molar-refractivity contribution is 7.90. The molecule has 0 aliphatic carbocycles. The summed E-state index contributed by atoms with van der Waals surface area (Å²) in [5.41, 5.74) is 0. The zero-order valence-electron chi connectivity index (χ0n) is 7.33. The van der Waals surface area contributed by atoms with Crippen molar-refractivity contribution in [2.45, 2.75) is 4.90 Å². The summed E-state index contributed by atoms with van der Waals surface area (Å²) in [6.45, 7) is -0.435. The molecule has 0 aromatic heterocycles. The van der Waals surface area contributed by atoms with Gasteiger partial charge in [-0.3, -0.25) is 0 Å². The Hall–Kier alpha value is -0.740. The highest BCUT2D eigenvalue weighted by Gasteiger charge is 2.02. The summed E-state index contributed by atoms with van der Waals surface area (Å²) in [5.74, 6) is 0.604. The van der Waals surface area contributed by atoms with Crippen LogP contribution in [-0.2, 0) is 11.2 Å². The van der Waals surface area contributed by atoms with Crippen LogP contribution in [0.15, 0.2) is 29.2 Å². The summed E-state index contributed by atoms with van der Waals surface area (Å²) in [4.78, 5) is 0.743. The zero-order chi connectivity index (χ0) is 9.68. The quantitative estimate of drug-likeness (QED) is 0.697. The van der Waals surface area contributed by atoms with E-state index in [-0.39, 0.29) is 6.61 Å². The van der Waals surface area contributed by atoms with Gasteiger partial charge in [-0.15, -0.1) is 0 Å². The molecule has 0 saturated carbocycles. The number of alkyl halides is 1. The van der Waals surface area contributed by atoms with Crippen molar-refractivity contribution >= 4 is 11.2 Å². The first-order valence-corrected chi connectivity index (χ1v) is 5.42. The second kappa shape index (κ2) is 5.09. The van der Waals surface area contributed by atoms with Gasteiger partial charge >= 0.3 is 0 Å². The molecular weight excluding hydrogens is 191 g/mol. The number of halogens is 1. The second-order valence-electron chi connectivity index (χ2n) is 2.46. The van der Waals surface area contributed by atoms with Gasteiger partial charge in [-0.2, -0.15) is 0 Å². The molecule has 72 valence electrons. The molecule has 2 nitrogen and oxygen atoms in total. The van der Waals surface area contributed by atoms with Gasteiger partial charge in [0.1, 0.15) is 25.3 Å². The van der Waals surface area contributed by atoms with E-state index in [4.69, 9.17) is 4.74 Å². The monoisotopic (exact) mass is 202 g/mol. The van der Waals surface area contributed by atoms with Crippen LogP contribution in [0.25, 0.3) is 0 Å². The molecule has 1 rings (SSSR count). The summed E-state index contributed by atoms with van der Waals surface area (Å²) in [5, 5.41) is 0. The molecule has 0 radical (unpaired) electrons. The Labute approximate surface area is 79.9 Å². The first-order chi connectivity index (χ1) is 6.24. The molecule has 0 saturated heterocycles. The molecule has 0 heterocycles. The van der Waals surface area contributed by atoms with Crippen LogP contribution in [0.4, 0.5) is 4.39 Å². The van der Waals surface area contributed by atoms with Crippen LogP contribution < -0.4 is 4.74 Å². The predicted molar refractivity (Wildman–Crippen MR) is 50.2 cm³/mol. The summed E-state index contributed by atoms with van der Waals surface area (Å²) in [6.07, 6.45) is 1.61. The maximum absolute atomic E-state index is 11.7. The van der Waals surface area contributed by atoms with Crippen molar-refractivity contribution < 1.29 is 13.7 Å². The van der Waals surface area contributed by atoms with Gasteiger partial charge in [0.05, 0.1) is 0 Å². The third-order valence-electron chi connectivity index (χ3n) is 1.50. The van der Waals surface area contributed by atoms with E-state index >= 15 is 0 Å². The minimum Gasteiger partial charge on any atom is -0.612 e. The summed E-state index contributed by atoms with van der Waals surface area (Å²) >= 11 is -0.973. The first-order valence-electron chi connectivity index (χ1n) is 3.86. The Morgan fingerprint density at radius 2 is 2.00 bits per heavy atom. The van der Waals surface area contributed by atoms with Gasteiger partial charge in [-0.05, 0) is 35.4 Å². The SMILES string of the molecule is C[S+]([O-])c1ccc(OCCF)cc1. The van der Waals surface area contributed by atoms with E-state index in [2.05, 4.69) is 0 Å². The van der Waals surface area contributed by atoms with Crippen molar-refractivity contribution in [3.8, 4) is 5.75 Å². The maximum atomic E-state index is 11.7. The van der Waals surface area contributed by atoms with Gasteiger partial charge in [0, 0.05) is 0 Å². The van der Waals surface area contributed by atoms with Gasteiger partial charge in [0.15, 0.2) is 4.90 Å². The first kappa shape index (κ1) is 10.3. The fraction of sp³-hybridized carbons (Fsp3) is 0.333. The molecule has 0 spiro atoms. The van der Waals surface area contributed by atoms with Gasteiger partial charge in [0.25, 0.3) is 0 Å². The van der Waals surface area contributed by atoms with E-state index in [0.717, 1.165) is 4.90 Å². The number of ether oxygens (including phenoxy) is 1. The summed E-state index contributed by atoms with van der Waals surface area (Å²) in [7, 11) is 0. The van der Waals surface area contributed by atoms with E-state index in [1.165, 1.54) is 0 Å². The number of hydrogen-bond donors (Lipinski definition) is 0. The lowest BCUT2D eigenvalue weighted by Gasteiger charge is -2.05. The lowest BCUT2D eigenvalue weighted by Crippen LogP contribution is -2.00. The molecule has 0 aliphatic rings. The van der Waals surface area contributed by atoms with Crippen molar-refractivity contribution in [2.24, 2.45) is 0 Å². The molecule has 0 amide bonds. The third-order valence-corrected chi connectivity index (χ3v) is 2.44. The van der Waals surface area contributed by atoms with Crippen LogP contribution in [0.5, 0.6) is 5.75 Å². The van der Waals surface area contributed by atoms with Gasteiger partial charge in [-0.25, -0.2) is 4.39 Å². The smallest absolute Gasteiger partial charge is 0.152 e. The van der Waals surface area contributed by atoms with Crippen molar-refractivity contribution in [1.82, 2.24) is 0 Å². The zero-order valence-corrected chi connectivity index (χ0v) is 8.14. The molecule has 13 heavy (non-hydrogen) atoms. The average molecular weight is 202 g/mol. The van der Waals surface area contributed by atoms with E-state index in [1.54, 1.807) is 30.5 Å². The van der Waals surface area contributed by atoms with Crippen LogP contribution in [0, 0.1) is 0 Å². The van der Waals surface area contributed by atoms with Crippen LogP contribution in [0.1, 0.15) is 0 Å². The van der Waals surface area contributed by atoms with E-state index in [0.29, 0.717) is 5.75 Å². The molecule has 1 aromatic rings. The molecular formula is C9H11FO2S. The van der Waals surface area contributed by atoms with Crippen molar-refractivity contribution in [1.29, 1.82) is 0 Å². The van der Waals surface area contributed by atoms with Gasteiger partial charge in [-0.1, -0.05) is 0 Å². The van der Waals surface area contributed by atoms with Crippen molar-refractivity contribution in [2.75, 3.05) is 19.5 Å². The number of rotatable bonds is 4. The van der Waals surface area contributed by atoms with E-state index in [1.807, 2.05) is 0 Å². The van der Waals surface area contributed by atoms with E-state index in [9.17, 15) is 8.94 Å². The number of hydrogen-bond acceptors (Lipinski definition) is 2. The fourth-order valence-corrected chi connectivity index (χ4v) is 1.40. The molecule has 1 unspecified atom stereocenters. The van der Waals surface area contributed by atoms with Gasteiger partial charge < -0.3 is 9.29 Å². The fourth-order valence-electron chi connectivity index (χ4n) is 0.884. The normalized spacial score (nSPS) is 12.5. The summed E-state index contributed by atoms with van der Waals surface area (Å²) < 4.78 is 27.7. The van der Waals surface area contributed by atoms with Crippen molar-refractivity contribution in [3.63, 3.8) is 0 Å². The Morgan fingerprint density at radius 3 is 2.46 bits per heavy atom.